The topological polar surface area (TPSA) is 74.8 Å². The van der Waals surface area contributed by atoms with E-state index in [4.69, 9.17) is 4.74 Å². The van der Waals surface area contributed by atoms with E-state index in [9.17, 15) is 4.79 Å². The smallest absolute Gasteiger partial charge is 0.221 e. The summed E-state index contributed by atoms with van der Waals surface area (Å²) < 4.78 is 5.62. The van der Waals surface area contributed by atoms with E-state index in [1.54, 1.807) is 7.05 Å². The molecule has 146 valence electrons. The maximum absolute atomic E-state index is 11.0. The minimum absolute atomic E-state index is 0. The zero-order valence-electron chi connectivity index (χ0n) is 15.7. The summed E-state index contributed by atoms with van der Waals surface area (Å²) >= 11 is 0. The molecule has 0 aromatic heterocycles. The van der Waals surface area contributed by atoms with Gasteiger partial charge in [0.2, 0.25) is 5.91 Å². The average Bonchev–Trinajstić information content (AvgIpc) is 3.41. The van der Waals surface area contributed by atoms with Gasteiger partial charge in [-0.1, -0.05) is 12.1 Å². The van der Waals surface area contributed by atoms with Crippen LogP contribution in [-0.2, 0) is 16.0 Å². The van der Waals surface area contributed by atoms with Crippen molar-refractivity contribution in [3.63, 3.8) is 0 Å². The second-order valence-electron chi connectivity index (χ2n) is 6.43. The lowest BCUT2D eigenvalue weighted by atomic mass is 10.1. The molecule has 1 fully saturated rings. The van der Waals surface area contributed by atoms with E-state index in [0.29, 0.717) is 0 Å². The molecule has 0 aliphatic heterocycles. The number of aliphatic imine (C=N–C) groups is 1. The third-order valence-electron chi connectivity index (χ3n) is 4.01. The molecule has 0 heterocycles. The summed E-state index contributed by atoms with van der Waals surface area (Å²) in [7, 11) is 1.78. The van der Waals surface area contributed by atoms with Gasteiger partial charge in [-0.15, -0.1) is 24.0 Å². The number of ether oxygens (including phenoxy) is 1. The highest BCUT2D eigenvalue weighted by Crippen LogP contribution is 2.28. The average molecular weight is 474 g/mol. The van der Waals surface area contributed by atoms with Crippen molar-refractivity contribution in [2.24, 2.45) is 10.9 Å². The molecule has 0 spiro atoms. The summed E-state index contributed by atoms with van der Waals surface area (Å²) in [6.45, 7) is 4.90. The molecule has 0 unspecified atom stereocenters. The van der Waals surface area contributed by atoms with Gasteiger partial charge < -0.3 is 20.7 Å². The number of halogens is 1. The lowest BCUT2D eigenvalue weighted by Crippen LogP contribution is -2.39. The second kappa shape index (κ2) is 12.9. The first kappa shape index (κ1) is 22.7. The minimum atomic E-state index is -0.0535. The van der Waals surface area contributed by atoms with Gasteiger partial charge >= 0.3 is 0 Å². The maximum atomic E-state index is 11.0. The highest BCUT2D eigenvalue weighted by Gasteiger charge is 2.20. The van der Waals surface area contributed by atoms with Crippen LogP contribution in [0, 0.1) is 5.92 Å². The normalized spacial score (nSPS) is 13.7. The molecule has 26 heavy (non-hydrogen) atoms. The van der Waals surface area contributed by atoms with Crippen molar-refractivity contribution in [1.29, 1.82) is 0 Å². The van der Waals surface area contributed by atoms with Crippen LogP contribution >= 0.6 is 24.0 Å². The van der Waals surface area contributed by atoms with Crippen LogP contribution in [0.3, 0.4) is 0 Å². The van der Waals surface area contributed by atoms with Crippen LogP contribution in [0.4, 0.5) is 5.69 Å². The maximum Gasteiger partial charge on any atom is 0.221 e. The van der Waals surface area contributed by atoms with E-state index < -0.39 is 0 Å². The fraction of sp³-hybridized carbons (Fsp3) is 0.579. The second-order valence-corrected chi connectivity index (χ2v) is 6.43. The number of nitrogens with zero attached hydrogens (tertiary/aromatic N) is 1. The zero-order valence-corrected chi connectivity index (χ0v) is 18.0. The molecule has 1 aliphatic carbocycles. The van der Waals surface area contributed by atoms with Crippen molar-refractivity contribution in [2.45, 2.75) is 32.6 Å². The lowest BCUT2D eigenvalue weighted by molar-refractivity contribution is -0.114. The van der Waals surface area contributed by atoms with E-state index in [0.717, 1.165) is 56.7 Å². The first-order chi connectivity index (χ1) is 12.2. The Labute approximate surface area is 173 Å². The molecular weight excluding hydrogens is 443 g/mol. The number of nitrogens with one attached hydrogen (secondary N) is 3. The van der Waals surface area contributed by atoms with Crippen molar-refractivity contribution >= 4 is 41.5 Å². The molecular formula is C19H31IN4O2. The Morgan fingerprint density at radius 2 is 1.88 bits per heavy atom. The molecule has 7 heteroatoms. The van der Waals surface area contributed by atoms with E-state index in [-0.39, 0.29) is 29.9 Å². The Morgan fingerprint density at radius 3 is 2.50 bits per heavy atom. The Bertz CT molecular complexity index is 559. The summed E-state index contributed by atoms with van der Waals surface area (Å²) in [4.78, 5) is 15.2. The third kappa shape index (κ3) is 9.96. The number of anilines is 1. The van der Waals surface area contributed by atoms with Gasteiger partial charge in [-0.2, -0.15) is 0 Å². The Hall–Kier alpha value is -1.35. The number of carbonyl (C=O) groups excluding carboxylic acids is 1. The molecule has 1 amide bonds. The molecule has 0 atom stereocenters. The summed E-state index contributed by atoms with van der Waals surface area (Å²) in [6, 6.07) is 7.90. The van der Waals surface area contributed by atoms with Gasteiger partial charge in [0.15, 0.2) is 5.96 Å². The van der Waals surface area contributed by atoms with E-state index in [1.807, 2.05) is 24.3 Å². The van der Waals surface area contributed by atoms with Crippen LogP contribution in [0.2, 0.25) is 0 Å². The molecule has 0 saturated heterocycles. The van der Waals surface area contributed by atoms with E-state index in [1.165, 1.54) is 25.3 Å². The van der Waals surface area contributed by atoms with Crippen LogP contribution in [0.25, 0.3) is 0 Å². The number of hydrogen-bond donors (Lipinski definition) is 3. The van der Waals surface area contributed by atoms with Crippen LogP contribution in [0.5, 0.6) is 0 Å². The van der Waals surface area contributed by atoms with E-state index in [2.05, 4.69) is 20.9 Å². The van der Waals surface area contributed by atoms with Gasteiger partial charge in [0.05, 0.1) is 0 Å². The molecule has 3 N–H and O–H groups in total. The van der Waals surface area contributed by atoms with Gasteiger partial charge in [-0.25, -0.2) is 0 Å². The first-order valence-electron chi connectivity index (χ1n) is 9.06. The molecule has 2 rings (SSSR count). The highest BCUT2D eigenvalue weighted by molar-refractivity contribution is 14.0. The molecule has 0 bridgehead atoms. The number of amides is 1. The predicted octanol–water partition coefficient (Wildman–Crippen LogP) is 2.79. The van der Waals surface area contributed by atoms with Crippen LogP contribution in [0.15, 0.2) is 29.3 Å². The molecule has 1 aromatic carbocycles. The Kier molecular flexibility index (Phi) is 11.3. The summed E-state index contributed by atoms with van der Waals surface area (Å²) in [5.41, 5.74) is 2.04. The summed E-state index contributed by atoms with van der Waals surface area (Å²) in [5, 5.41) is 9.38. The largest absolute Gasteiger partial charge is 0.381 e. The monoisotopic (exact) mass is 474 g/mol. The summed E-state index contributed by atoms with van der Waals surface area (Å²) in [5.74, 6) is 1.59. The van der Waals surface area contributed by atoms with Crippen LogP contribution in [-0.4, -0.2) is 45.2 Å². The SMILES string of the molecule is CN=C(NCCCOCC1CC1)NCCc1ccc(NC(C)=O)cc1.I. The predicted molar refractivity (Wildman–Crippen MR) is 117 cm³/mol. The number of rotatable bonds is 10. The zero-order chi connectivity index (χ0) is 17.9. The number of hydrogen-bond acceptors (Lipinski definition) is 3. The quantitative estimate of drug-likeness (QED) is 0.211. The van der Waals surface area contributed by atoms with Crippen molar-refractivity contribution < 1.29 is 9.53 Å². The Morgan fingerprint density at radius 1 is 1.19 bits per heavy atom. The van der Waals surface area contributed by atoms with Crippen molar-refractivity contribution in [3.05, 3.63) is 29.8 Å². The van der Waals surface area contributed by atoms with Crippen LogP contribution in [0.1, 0.15) is 31.7 Å². The summed E-state index contributed by atoms with van der Waals surface area (Å²) in [6.07, 6.45) is 4.55. The van der Waals surface area contributed by atoms with Gasteiger partial charge in [0.25, 0.3) is 0 Å². The number of benzene rings is 1. The van der Waals surface area contributed by atoms with Gasteiger partial charge in [0.1, 0.15) is 0 Å². The van der Waals surface area contributed by atoms with Crippen molar-refractivity contribution in [3.8, 4) is 0 Å². The van der Waals surface area contributed by atoms with Gasteiger partial charge in [-0.3, -0.25) is 9.79 Å². The van der Waals surface area contributed by atoms with Gasteiger partial charge in [0, 0.05) is 46.0 Å². The fourth-order valence-electron chi connectivity index (χ4n) is 2.42. The van der Waals surface area contributed by atoms with Crippen molar-refractivity contribution in [1.82, 2.24) is 10.6 Å². The first-order valence-corrected chi connectivity index (χ1v) is 9.06. The fourth-order valence-corrected chi connectivity index (χ4v) is 2.42. The Balaban J connectivity index is 0.00000338. The van der Waals surface area contributed by atoms with Gasteiger partial charge in [-0.05, 0) is 49.3 Å². The molecule has 1 saturated carbocycles. The third-order valence-corrected chi connectivity index (χ3v) is 4.01. The molecule has 1 aromatic rings. The standard InChI is InChI=1S/C19H30N4O2.HI/c1-15(24)23-18-8-6-16(7-9-18)10-12-22-19(20-2)21-11-3-13-25-14-17-4-5-17;/h6-9,17H,3-5,10-14H2,1-2H3,(H,23,24)(H2,20,21,22);1H. The molecule has 0 radical (unpaired) electrons. The van der Waals surface area contributed by atoms with Crippen molar-refractivity contribution in [2.75, 3.05) is 38.7 Å². The number of carbonyl (C=O) groups is 1. The van der Waals surface area contributed by atoms with E-state index >= 15 is 0 Å². The minimum Gasteiger partial charge on any atom is -0.381 e. The highest BCUT2D eigenvalue weighted by atomic mass is 127. The molecule has 6 nitrogen and oxygen atoms in total. The van der Waals surface area contributed by atoms with Crippen LogP contribution < -0.4 is 16.0 Å². The lowest BCUT2D eigenvalue weighted by Gasteiger charge is -2.12. The number of guanidine groups is 1. The molecule has 1 aliphatic rings.